The minimum Gasteiger partial charge on any atom is -0.475 e. The highest BCUT2D eigenvalue weighted by Gasteiger charge is 2.13. The average molecular weight is 226 g/mol. The molecule has 1 atom stereocenters. The summed E-state index contributed by atoms with van der Waals surface area (Å²) in [5.74, 6) is -1.07. The van der Waals surface area contributed by atoms with Crippen LogP contribution in [0.3, 0.4) is 0 Å². The minimum atomic E-state index is -1.10. The molecule has 88 valence electrons. The number of rotatable bonds is 6. The molecule has 16 heavy (non-hydrogen) atoms. The van der Waals surface area contributed by atoms with Gasteiger partial charge in [0.25, 0.3) is 0 Å². The molecule has 0 aliphatic carbocycles. The van der Waals surface area contributed by atoms with E-state index < -0.39 is 5.97 Å². The van der Waals surface area contributed by atoms with Gasteiger partial charge in [-0.2, -0.15) is 0 Å². The largest absolute Gasteiger partial charge is 0.475 e. The maximum atomic E-state index is 10.6. The zero-order chi connectivity index (χ0) is 12.1. The molecular formula is C10H14N2O4. The first-order valence-electron chi connectivity index (χ1n) is 4.85. The zero-order valence-corrected chi connectivity index (χ0v) is 8.90. The number of primary amides is 1. The smallest absolute Gasteiger partial charge is 0.371 e. The fourth-order valence-corrected chi connectivity index (χ4v) is 1.21. The van der Waals surface area contributed by atoms with Crippen LogP contribution in [0.4, 0.5) is 0 Å². The van der Waals surface area contributed by atoms with E-state index in [-0.39, 0.29) is 24.1 Å². The molecule has 1 rings (SSSR count). The fraction of sp³-hybridized carbons (Fsp3) is 0.400. The summed E-state index contributed by atoms with van der Waals surface area (Å²) in [7, 11) is 0. The summed E-state index contributed by atoms with van der Waals surface area (Å²) in [5.41, 5.74) is 4.98. The molecule has 6 nitrogen and oxygen atoms in total. The Labute approximate surface area is 92.4 Å². The summed E-state index contributed by atoms with van der Waals surface area (Å²) < 4.78 is 5.09. The lowest BCUT2D eigenvalue weighted by Gasteiger charge is -2.09. The summed E-state index contributed by atoms with van der Waals surface area (Å²) in [4.78, 5) is 21.1. The Morgan fingerprint density at radius 1 is 1.56 bits per heavy atom. The maximum absolute atomic E-state index is 10.6. The van der Waals surface area contributed by atoms with Crippen molar-refractivity contribution in [2.75, 3.05) is 6.54 Å². The Balaban J connectivity index is 2.49. The van der Waals surface area contributed by atoms with E-state index in [1.54, 1.807) is 6.07 Å². The van der Waals surface area contributed by atoms with Crippen molar-refractivity contribution in [2.24, 2.45) is 5.73 Å². The van der Waals surface area contributed by atoms with Gasteiger partial charge in [-0.1, -0.05) is 0 Å². The van der Waals surface area contributed by atoms with E-state index in [4.69, 9.17) is 15.3 Å². The van der Waals surface area contributed by atoms with E-state index in [9.17, 15) is 9.59 Å². The van der Waals surface area contributed by atoms with Crippen LogP contribution in [0, 0.1) is 0 Å². The average Bonchev–Trinajstić information content (AvgIpc) is 2.65. The number of nitrogens with one attached hydrogen (secondary N) is 1. The molecule has 0 aromatic carbocycles. The summed E-state index contributed by atoms with van der Waals surface area (Å²) in [6.45, 7) is 2.24. The lowest BCUT2D eigenvalue weighted by atomic mass is 10.2. The molecule has 1 unspecified atom stereocenters. The Morgan fingerprint density at radius 3 is 2.75 bits per heavy atom. The number of carbonyl (C=O) groups is 2. The fourth-order valence-electron chi connectivity index (χ4n) is 1.21. The van der Waals surface area contributed by atoms with Crippen LogP contribution in [-0.2, 0) is 4.79 Å². The summed E-state index contributed by atoms with van der Waals surface area (Å²) in [5, 5.41) is 11.6. The number of furan rings is 1. The Morgan fingerprint density at radius 2 is 2.25 bits per heavy atom. The first kappa shape index (κ1) is 12.3. The van der Waals surface area contributed by atoms with Gasteiger partial charge in [0.2, 0.25) is 11.7 Å². The molecule has 1 amide bonds. The van der Waals surface area contributed by atoms with E-state index in [1.165, 1.54) is 6.07 Å². The van der Waals surface area contributed by atoms with E-state index in [0.717, 1.165) is 0 Å². The molecule has 0 aliphatic rings. The molecule has 0 fully saturated rings. The number of nitrogens with two attached hydrogens (primary N) is 1. The highest BCUT2D eigenvalue weighted by atomic mass is 16.4. The molecule has 1 aromatic heterocycles. The minimum absolute atomic E-state index is 0.0986. The van der Waals surface area contributed by atoms with Crippen molar-refractivity contribution < 1.29 is 19.1 Å². The van der Waals surface area contributed by atoms with Crippen molar-refractivity contribution in [1.82, 2.24) is 5.32 Å². The van der Waals surface area contributed by atoms with Crippen molar-refractivity contribution in [3.8, 4) is 0 Å². The third kappa shape index (κ3) is 3.39. The number of carboxylic acids is 1. The Hall–Kier alpha value is -1.82. The molecule has 6 heteroatoms. The molecule has 0 aliphatic heterocycles. The number of hydrogen-bond acceptors (Lipinski definition) is 4. The lowest BCUT2D eigenvalue weighted by molar-refractivity contribution is -0.117. The van der Waals surface area contributed by atoms with E-state index >= 15 is 0 Å². The number of hydrogen-bond donors (Lipinski definition) is 3. The van der Waals surface area contributed by atoms with Crippen molar-refractivity contribution >= 4 is 11.9 Å². The van der Waals surface area contributed by atoms with Gasteiger partial charge in [-0.15, -0.1) is 0 Å². The molecule has 0 radical (unpaired) electrons. The van der Waals surface area contributed by atoms with Crippen LogP contribution in [0.5, 0.6) is 0 Å². The number of aromatic carboxylic acids is 1. The lowest BCUT2D eigenvalue weighted by Crippen LogP contribution is -2.24. The second kappa shape index (κ2) is 5.32. The van der Waals surface area contributed by atoms with Gasteiger partial charge in [0.15, 0.2) is 0 Å². The predicted molar refractivity (Wildman–Crippen MR) is 55.9 cm³/mol. The van der Waals surface area contributed by atoms with E-state index in [0.29, 0.717) is 12.3 Å². The molecular weight excluding hydrogens is 212 g/mol. The molecule has 1 heterocycles. The predicted octanol–water partition coefficient (Wildman–Crippen LogP) is 0.504. The third-order valence-corrected chi connectivity index (χ3v) is 2.09. The molecule has 0 bridgehead atoms. The van der Waals surface area contributed by atoms with Gasteiger partial charge in [-0.05, 0) is 19.1 Å². The van der Waals surface area contributed by atoms with Gasteiger partial charge in [0.1, 0.15) is 5.76 Å². The SMILES string of the molecule is CC(NCCC(N)=O)c1ccc(C(=O)O)o1. The number of amides is 1. The van der Waals surface area contributed by atoms with Crippen LogP contribution in [0.25, 0.3) is 0 Å². The third-order valence-electron chi connectivity index (χ3n) is 2.09. The van der Waals surface area contributed by atoms with Gasteiger partial charge < -0.3 is 20.6 Å². The van der Waals surface area contributed by atoms with Crippen LogP contribution in [0.1, 0.15) is 35.7 Å². The van der Waals surface area contributed by atoms with Crippen molar-refractivity contribution in [3.05, 3.63) is 23.7 Å². The monoisotopic (exact) mass is 226 g/mol. The van der Waals surface area contributed by atoms with Crippen LogP contribution in [0.2, 0.25) is 0 Å². The van der Waals surface area contributed by atoms with Gasteiger partial charge in [-0.3, -0.25) is 4.79 Å². The van der Waals surface area contributed by atoms with E-state index in [1.807, 2.05) is 6.92 Å². The van der Waals surface area contributed by atoms with Crippen LogP contribution in [0.15, 0.2) is 16.5 Å². The Bertz CT molecular complexity index is 386. The first-order chi connectivity index (χ1) is 7.50. The van der Waals surface area contributed by atoms with Crippen LogP contribution in [-0.4, -0.2) is 23.5 Å². The van der Waals surface area contributed by atoms with E-state index in [2.05, 4.69) is 5.32 Å². The normalized spacial score (nSPS) is 12.3. The Kier molecular flexibility index (Phi) is 4.07. The second-order valence-electron chi connectivity index (χ2n) is 3.40. The van der Waals surface area contributed by atoms with Gasteiger partial charge >= 0.3 is 5.97 Å². The van der Waals surface area contributed by atoms with Gasteiger partial charge in [-0.25, -0.2) is 4.79 Å². The quantitative estimate of drug-likeness (QED) is 0.655. The van der Waals surface area contributed by atoms with Crippen LogP contribution >= 0.6 is 0 Å². The molecule has 0 saturated heterocycles. The van der Waals surface area contributed by atoms with Crippen molar-refractivity contribution in [1.29, 1.82) is 0 Å². The van der Waals surface area contributed by atoms with Crippen LogP contribution < -0.4 is 11.1 Å². The van der Waals surface area contributed by atoms with Gasteiger partial charge in [0.05, 0.1) is 6.04 Å². The molecule has 0 saturated carbocycles. The van der Waals surface area contributed by atoms with Crippen molar-refractivity contribution in [3.63, 3.8) is 0 Å². The molecule has 1 aromatic rings. The maximum Gasteiger partial charge on any atom is 0.371 e. The standard InChI is InChI=1S/C10H14N2O4/c1-6(12-5-4-9(11)13)7-2-3-8(16-7)10(14)15/h2-3,6,12H,4-5H2,1H3,(H2,11,13)(H,14,15). The summed E-state index contributed by atoms with van der Waals surface area (Å²) >= 11 is 0. The number of carbonyl (C=O) groups excluding carboxylic acids is 1. The molecule has 0 spiro atoms. The van der Waals surface area contributed by atoms with Gasteiger partial charge in [0, 0.05) is 13.0 Å². The summed E-state index contributed by atoms with van der Waals surface area (Å²) in [6.07, 6.45) is 0.233. The molecule has 4 N–H and O–H groups in total. The summed E-state index contributed by atoms with van der Waals surface area (Å²) in [6, 6.07) is 2.82. The second-order valence-corrected chi connectivity index (χ2v) is 3.40. The van der Waals surface area contributed by atoms with Crippen molar-refractivity contribution in [2.45, 2.75) is 19.4 Å². The highest BCUT2D eigenvalue weighted by Crippen LogP contribution is 2.15. The topological polar surface area (TPSA) is 106 Å². The number of carboxylic acid groups (broad SMARTS) is 1. The first-order valence-corrected chi connectivity index (χ1v) is 4.85. The highest BCUT2D eigenvalue weighted by molar-refractivity contribution is 5.84. The zero-order valence-electron chi connectivity index (χ0n) is 8.90.